The van der Waals surface area contributed by atoms with Crippen LogP contribution in [0.2, 0.25) is 0 Å². The lowest BCUT2D eigenvalue weighted by Crippen LogP contribution is -2.02. The zero-order valence-electron chi connectivity index (χ0n) is 15.8. The summed E-state index contributed by atoms with van der Waals surface area (Å²) in [6.45, 7) is 2.78. The van der Waals surface area contributed by atoms with Crippen LogP contribution in [-0.4, -0.2) is 12.6 Å². The van der Waals surface area contributed by atoms with Crippen molar-refractivity contribution in [2.45, 2.75) is 71.1 Å². The first-order chi connectivity index (χ1) is 12.3. The third-order valence-electron chi connectivity index (χ3n) is 4.17. The van der Waals surface area contributed by atoms with Gasteiger partial charge in [-0.3, -0.25) is 0 Å². The van der Waals surface area contributed by atoms with E-state index in [1.54, 1.807) is 6.08 Å². The van der Waals surface area contributed by atoms with Crippen LogP contribution in [0.1, 0.15) is 76.7 Å². The van der Waals surface area contributed by atoms with Crippen LogP contribution >= 0.6 is 0 Å². The van der Waals surface area contributed by atoms with Gasteiger partial charge in [0.2, 0.25) is 0 Å². The van der Waals surface area contributed by atoms with Crippen LogP contribution in [-0.2, 0) is 9.53 Å². The Bertz CT molecular complexity index is 488. The summed E-state index contributed by atoms with van der Waals surface area (Å²) in [7, 11) is 0. The highest BCUT2D eigenvalue weighted by Crippen LogP contribution is 2.10. The van der Waals surface area contributed by atoms with E-state index < -0.39 is 0 Å². The fourth-order valence-corrected chi connectivity index (χ4v) is 2.68. The molecule has 138 valence electrons. The van der Waals surface area contributed by atoms with Crippen molar-refractivity contribution < 1.29 is 9.53 Å². The fourth-order valence-electron chi connectivity index (χ4n) is 2.68. The summed E-state index contributed by atoms with van der Waals surface area (Å²) in [5.74, 6) is -0.256. The Morgan fingerprint density at radius 3 is 2.08 bits per heavy atom. The lowest BCUT2D eigenvalue weighted by molar-refractivity contribution is -0.137. The van der Waals surface area contributed by atoms with Crippen LogP contribution in [0.3, 0.4) is 0 Å². The van der Waals surface area contributed by atoms with Gasteiger partial charge in [0.05, 0.1) is 6.61 Å². The number of unbranched alkanes of at least 4 members (excludes halogenated alkanes) is 9. The maximum Gasteiger partial charge on any atom is 0.330 e. The van der Waals surface area contributed by atoms with Gasteiger partial charge in [-0.15, -0.1) is 0 Å². The summed E-state index contributed by atoms with van der Waals surface area (Å²) in [6, 6.07) is 10.0. The van der Waals surface area contributed by atoms with Crippen molar-refractivity contribution in [3.05, 3.63) is 54.1 Å². The minimum absolute atomic E-state index is 0.256. The SMILES string of the molecule is CCCCCCCCCCCCOC(=O)C=CC=Cc1ccccc1. The average Bonchev–Trinajstić information content (AvgIpc) is 2.64. The van der Waals surface area contributed by atoms with Crippen molar-refractivity contribution >= 4 is 12.0 Å². The van der Waals surface area contributed by atoms with Gasteiger partial charge in [0.1, 0.15) is 0 Å². The Labute approximate surface area is 154 Å². The van der Waals surface area contributed by atoms with E-state index in [4.69, 9.17) is 4.74 Å². The van der Waals surface area contributed by atoms with Crippen LogP contribution in [0.15, 0.2) is 48.6 Å². The second kappa shape index (κ2) is 15.7. The van der Waals surface area contributed by atoms with E-state index in [9.17, 15) is 4.79 Å². The number of esters is 1. The highest BCUT2D eigenvalue weighted by atomic mass is 16.5. The van der Waals surface area contributed by atoms with E-state index in [1.165, 1.54) is 57.4 Å². The van der Waals surface area contributed by atoms with Crippen molar-refractivity contribution in [3.8, 4) is 0 Å². The van der Waals surface area contributed by atoms with Gasteiger partial charge < -0.3 is 4.74 Å². The molecule has 0 aromatic heterocycles. The molecule has 1 rings (SSSR count). The van der Waals surface area contributed by atoms with Gasteiger partial charge in [0.25, 0.3) is 0 Å². The van der Waals surface area contributed by atoms with Crippen LogP contribution in [0, 0.1) is 0 Å². The van der Waals surface area contributed by atoms with Gasteiger partial charge in [-0.25, -0.2) is 4.79 Å². The molecule has 0 saturated carbocycles. The van der Waals surface area contributed by atoms with Crippen molar-refractivity contribution in [3.63, 3.8) is 0 Å². The number of rotatable bonds is 14. The number of benzene rings is 1. The van der Waals surface area contributed by atoms with Gasteiger partial charge >= 0.3 is 5.97 Å². The number of carbonyl (C=O) groups excluding carboxylic acids is 1. The Morgan fingerprint density at radius 1 is 0.840 bits per heavy atom. The molecule has 0 spiro atoms. The van der Waals surface area contributed by atoms with Crippen molar-refractivity contribution in [2.75, 3.05) is 6.61 Å². The molecule has 1 aromatic carbocycles. The molecule has 0 radical (unpaired) electrons. The molecule has 0 N–H and O–H groups in total. The molecule has 1 aromatic rings. The van der Waals surface area contributed by atoms with E-state index in [2.05, 4.69) is 6.92 Å². The summed E-state index contributed by atoms with van der Waals surface area (Å²) in [5.41, 5.74) is 1.12. The van der Waals surface area contributed by atoms with Gasteiger partial charge in [0.15, 0.2) is 0 Å². The molecule has 0 aliphatic carbocycles. The molecule has 0 fully saturated rings. The number of carbonyl (C=O) groups is 1. The maximum atomic E-state index is 11.6. The Kier molecular flexibility index (Phi) is 13.3. The standard InChI is InChI=1S/C23H34O2/c1-2-3-4-5-6-7-8-9-10-16-21-25-23(24)20-15-14-19-22-17-12-11-13-18-22/h11-15,17-20H,2-10,16,21H2,1H3. The van der Waals surface area contributed by atoms with Crippen molar-refractivity contribution in [2.24, 2.45) is 0 Å². The highest BCUT2D eigenvalue weighted by molar-refractivity contribution is 5.82. The number of allylic oxidation sites excluding steroid dienone is 2. The Balaban J connectivity index is 1.93. The number of hydrogen-bond acceptors (Lipinski definition) is 2. The first kappa shape index (κ1) is 21.2. The van der Waals surface area contributed by atoms with E-state index >= 15 is 0 Å². The molecule has 0 heterocycles. The third kappa shape index (κ3) is 13.2. The Hall–Kier alpha value is -1.83. The lowest BCUT2D eigenvalue weighted by atomic mass is 10.1. The fraction of sp³-hybridized carbons (Fsp3) is 0.522. The Morgan fingerprint density at radius 2 is 1.44 bits per heavy atom. The molecule has 25 heavy (non-hydrogen) atoms. The minimum Gasteiger partial charge on any atom is -0.463 e. The van der Waals surface area contributed by atoms with Gasteiger partial charge in [-0.2, -0.15) is 0 Å². The van der Waals surface area contributed by atoms with Crippen LogP contribution in [0.25, 0.3) is 6.08 Å². The topological polar surface area (TPSA) is 26.3 Å². The quantitative estimate of drug-likeness (QED) is 0.162. The minimum atomic E-state index is -0.256. The van der Waals surface area contributed by atoms with E-state index in [1.807, 2.05) is 42.5 Å². The zero-order valence-corrected chi connectivity index (χ0v) is 15.8. The first-order valence-electron chi connectivity index (χ1n) is 9.89. The van der Waals surface area contributed by atoms with E-state index in [-0.39, 0.29) is 5.97 Å². The molecule has 0 bridgehead atoms. The van der Waals surface area contributed by atoms with Gasteiger partial charge in [-0.05, 0) is 12.0 Å². The van der Waals surface area contributed by atoms with Crippen LogP contribution in [0.5, 0.6) is 0 Å². The largest absolute Gasteiger partial charge is 0.463 e. The third-order valence-corrected chi connectivity index (χ3v) is 4.17. The van der Waals surface area contributed by atoms with Crippen molar-refractivity contribution in [1.82, 2.24) is 0 Å². The maximum absolute atomic E-state index is 11.6. The predicted molar refractivity (Wildman–Crippen MR) is 107 cm³/mol. The molecule has 0 atom stereocenters. The molecular formula is C23H34O2. The van der Waals surface area contributed by atoms with Crippen LogP contribution < -0.4 is 0 Å². The number of ether oxygens (including phenoxy) is 1. The second-order valence-corrected chi connectivity index (χ2v) is 6.48. The molecular weight excluding hydrogens is 308 g/mol. The smallest absolute Gasteiger partial charge is 0.330 e. The molecule has 2 heteroatoms. The molecule has 0 amide bonds. The average molecular weight is 343 g/mol. The molecule has 0 aliphatic rings. The number of hydrogen-bond donors (Lipinski definition) is 0. The lowest BCUT2D eigenvalue weighted by Gasteiger charge is -2.03. The summed E-state index contributed by atoms with van der Waals surface area (Å²) in [5, 5.41) is 0. The monoisotopic (exact) mass is 342 g/mol. The van der Waals surface area contributed by atoms with Gasteiger partial charge in [0, 0.05) is 6.08 Å². The molecule has 0 aliphatic heterocycles. The molecule has 0 unspecified atom stereocenters. The summed E-state index contributed by atoms with van der Waals surface area (Å²) < 4.78 is 5.21. The van der Waals surface area contributed by atoms with Gasteiger partial charge in [-0.1, -0.05) is 113 Å². The predicted octanol–water partition coefficient (Wildman–Crippen LogP) is 6.72. The zero-order chi connectivity index (χ0) is 18.0. The summed E-state index contributed by atoms with van der Waals surface area (Å²) in [6.07, 6.45) is 19.9. The molecule has 2 nitrogen and oxygen atoms in total. The summed E-state index contributed by atoms with van der Waals surface area (Å²) in [4.78, 5) is 11.6. The second-order valence-electron chi connectivity index (χ2n) is 6.48. The summed E-state index contributed by atoms with van der Waals surface area (Å²) >= 11 is 0. The normalized spacial score (nSPS) is 11.4. The van der Waals surface area contributed by atoms with Crippen molar-refractivity contribution in [1.29, 1.82) is 0 Å². The molecule has 0 saturated heterocycles. The first-order valence-corrected chi connectivity index (χ1v) is 9.89. The van der Waals surface area contributed by atoms with E-state index in [0.717, 1.165) is 18.4 Å². The van der Waals surface area contributed by atoms with Crippen LogP contribution in [0.4, 0.5) is 0 Å². The van der Waals surface area contributed by atoms with E-state index in [0.29, 0.717) is 6.61 Å². The highest BCUT2D eigenvalue weighted by Gasteiger charge is 1.96.